The minimum Gasteiger partial charge on any atom is -0.481 e. The Morgan fingerprint density at radius 3 is 2.21 bits per heavy atom. The summed E-state index contributed by atoms with van der Waals surface area (Å²) in [5, 5.41) is 9.29. The van der Waals surface area contributed by atoms with Gasteiger partial charge in [0, 0.05) is 19.8 Å². The first-order valence-corrected chi connectivity index (χ1v) is 8.26. The maximum absolute atomic E-state index is 12.2. The van der Waals surface area contributed by atoms with Crippen molar-refractivity contribution in [3.63, 3.8) is 0 Å². The first-order valence-electron chi connectivity index (χ1n) is 5.88. The first-order chi connectivity index (χ1) is 8.64. The lowest BCUT2D eigenvalue weighted by molar-refractivity contribution is -0.155. The summed E-state index contributed by atoms with van der Waals surface area (Å²) in [5.74, 6) is -0.477. The van der Waals surface area contributed by atoms with Gasteiger partial charge in [-0.3, -0.25) is 9.59 Å². The molecule has 0 aromatic heterocycles. The second kappa shape index (κ2) is 8.11. The highest BCUT2D eigenvalue weighted by Gasteiger charge is 2.42. The number of carbonyl (C=O) groups excluding carboxylic acids is 1. The van der Waals surface area contributed by atoms with Gasteiger partial charge < -0.3 is 10.0 Å². The van der Waals surface area contributed by atoms with E-state index < -0.39 is 17.3 Å². The molecule has 7 heteroatoms. The maximum Gasteiger partial charge on any atom is 0.309 e. The van der Waals surface area contributed by atoms with Gasteiger partial charge in [-0.05, 0) is 19.6 Å². The molecule has 0 aromatic rings. The first kappa shape index (κ1) is 18.7. The molecule has 0 aliphatic carbocycles. The van der Waals surface area contributed by atoms with E-state index in [2.05, 4.69) is 0 Å². The highest BCUT2D eigenvalue weighted by Crippen LogP contribution is 2.33. The predicted molar refractivity (Wildman–Crippen MR) is 86.8 cm³/mol. The van der Waals surface area contributed by atoms with Gasteiger partial charge in [-0.2, -0.15) is 0 Å². The molecule has 0 rings (SSSR count). The summed E-state index contributed by atoms with van der Waals surface area (Å²) in [4.78, 5) is 24.9. The topological polar surface area (TPSA) is 57.6 Å². The summed E-state index contributed by atoms with van der Waals surface area (Å²) in [7, 11) is 3.27. The number of aliphatic carboxylic acids is 1. The van der Waals surface area contributed by atoms with Crippen LogP contribution in [0.25, 0.3) is 0 Å². The Kier molecular flexibility index (Phi) is 8.00. The van der Waals surface area contributed by atoms with E-state index in [-0.39, 0.29) is 5.91 Å². The average Bonchev–Trinajstić information content (AvgIpc) is 2.28. The van der Waals surface area contributed by atoms with Crippen molar-refractivity contribution in [1.29, 1.82) is 0 Å². The molecule has 0 spiro atoms. The lowest BCUT2D eigenvalue weighted by Crippen LogP contribution is -2.44. The van der Waals surface area contributed by atoms with Crippen LogP contribution in [0, 0.1) is 11.3 Å². The molecular formula is C12H21NO3S3. The van der Waals surface area contributed by atoms with Crippen LogP contribution in [-0.4, -0.2) is 51.0 Å². The largest absolute Gasteiger partial charge is 0.481 e. The average molecular weight is 324 g/mol. The third-order valence-electron chi connectivity index (χ3n) is 2.79. The highest BCUT2D eigenvalue weighted by atomic mass is 32.2. The maximum atomic E-state index is 12.2. The van der Waals surface area contributed by atoms with Crippen molar-refractivity contribution in [2.45, 2.75) is 20.8 Å². The van der Waals surface area contributed by atoms with Crippen LogP contribution in [-0.2, 0) is 9.59 Å². The number of hydrogen-bond donors (Lipinski definition) is 1. The Morgan fingerprint density at radius 2 is 1.84 bits per heavy atom. The van der Waals surface area contributed by atoms with E-state index >= 15 is 0 Å². The minimum absolute atomic E-state index is 0.177. The third-order valence-corrected chi connectivity index (χ3v) is 5.47. The van der Waals surface area contributed by atoms with Crippen LogP contribution in [0.15, 0.2) is 0 Å². The Hall–Kier alpha value is -0.270. The third kappa shape index (κ3) is 5.71. The molecule has 0 bridgehead atoms. The van der Waals surface area contributed by atoms with E-state index in [4.69, 9.17) is 12.2 Å². The molecule has 4 nitrogen and oxygen atoms in total. The molecule has 1 atom stereocenters. The number of nitrogens with zero attached hydrogens (tertiary/aromatic N) is 1. The molecule has 0 aliphatic rings. The van der Waals surface area contributed by atoms with Crippen molar-refractivity contribution in [2.75, 3.05) is 25.6 Å². The monoisotopic (exact) mass is 323 g/mol. The molecule has 19 heavy (non-hydrogen) atoms. The van der Waals surface area contributed by atoms with Gasteiger partial charge in [0.05, 0.1) is 11.3 Å². The number of carboxylic acids is 1. The number of carbonyl (C=O) groups is 2. The van der Waals surface area contributed by atoms with Crippen LogP contribution >= 0.6 is 35.7 Å². The number of hydrogen-bond acceptors (Lipinski definition) is 5. The fraction of sp³-hybridized carbons (Fsp3) is 0.750. The minimum atomic E-state index is -1.11. The number of amides is 1. The van der Waals surface area contributed by atoms with Crippen LogP contribution in [0.3, 0.4) is 0 Å². The molecular weight excluding hydrogens is 302 g/mol. The zero-order valence-electron chi connectivity index (χ0n) is 11.9. The van der Waals surface area contributed by atoms with Gasteiger partial charge in [0.25, 0.3) is 0 Å². The summed E-state index contributed by atoms with van der Waals surface area (Å²) in [6, 6.07) is 0. The van der Waals surface area contributed by atoms with Crippen molar-refractivity contribution in [3.05, 3.63) is 0 Å². The standard InChI is InChI=1S/C12H21NO3S3/c1-6-18-11(17)19-7-8(9(14)13(4)5)12(2,3)10(15)16/h8H,6-7H2,1-5H3,(H,15,16). The summed E-state index contributed by atoms with van der Waals surface area (Å²) < 4.78 is 0.750. The normalized spacial score (nSPS) is 12.9. The van der Waals surface area contributed by atoms with Crippen molar-refractivity contribution in [2.24, 2.45) is 11.3 Å². The molecule has 0 aromatic carbocycles. The lowest BCUT2D eigenvalue weighted by atomic mass is 9.79. The van der Waals surface area contributed by atoms with Gasteiger partial charge in [0.1, 0.15) is 3.53 Å². The van der Waals surface area contributed by atoms with Crippen molar-refractivity contribution < 1.29 is 14.7 Å². The van der Waals surface area contributed by atoms with E-state index in [0.29, 0.717) is 5.75 Å². The second-order valence-electron chi connectivity index (χ2n) is 4.81. The van der Waals surface area contributed by atoms with Crippen LogP contribution in [0.4, 0.5) is 0 Å². The molecule has 0 saturated carbocycles. The van der Waals surface area contributed by atoms with E-state index in [9.17, 15) is 14.7 Å². The summed E-state index contributed by atoms with van der Waals surface area (Å²) >= 11 is 8.08. The molecule has 1 unspecified atom stereocenters. The molecule has 0 fully saturated rings. The fourth-order valence-electron chi connectivity index (χ4n) is 1.36. The number of thiocarbonyl (C=S) groups is 1. The Bertz CT molecular complexity index is 356. The van der Waals surface area contributed by atoms with Gasteiger partial charge in [-0.1, -0.05) is 19.1 Å². The Labute approximate surface area is 128 Å². The highest BCUT2D eigenvalue weighted by molar-refractivity contribution is 8.47. The summed E-state index contributed by atoms with van der Waals surface area (Å²) in [5.41, 5.74) is -1.11. The van der Waals surface area contributed by atoms with E-state index in [0.717, 1.165) is 9.28 Å². The SMILES string of the molecule is CCSC(=S)SCC(C(=O)N(C)C)C(C)(C)C(=O)O. The molecule has 1 N–H and O–H groups in total. The number of carboxylic acid groups (broad SMARTS) is 1. The molecule has 0 aliphatic heterocycles. The van der Waals surface area contributed by atoms with Gasteiger partial charge in [0.15, 0.2) is 0 Å². The lowest BCUT2D eigenvalue weighted by Gasteiger charge is -2.31. The van der Waals surface area contributed by atoms with Crippen LogP contribution < -0.4 is 0 Å². The Morgan fingerprint density at radius 1 is 1.32 bits per heavy atom. The molecule has 0 heterocycles. The molecule has 110 valence electrons. The number of rotatable bonds is 6. The summed E-state index contributed by atoms with van der Waals surface area (Å²) in [6.07, 6.45) is 0. The predicted octanol–water partition coefficient (Wildman–Crippen LogP) is 2.57. The zero-order chi connectivity index (χ0) is 15.2. The van der Waals surface area contributed by atoms with Crippen molar-refractivity contribution in [1.82, 2.24) is 4.90 Å². The molecule has 1 amide bonds. The Balaban J connectivity index is 4.94. The van der Waals surface area contributed by atoms with Gasteiger partial charge >= 0.3 is 5.97 Å². The van der Waals surface area contributed by atoms with Gasteiger partial charge in [-0.25, -0.2) is 0 Å². The number of thioether (sulfide) groups is 2. The fourth-order valence-corrected chi connectivity index (χ4v) is 3.91. The zero-order valence-corrected chi connectivity index (χ0v) is 14.4. The van der Waals surface area contributed by atoms with E-state index in [1.807, 2.05) is 6.92 Å². The van der Waals surface area contributed by atoms with Gasteiger partial charge in [0.2, 0.25) is 5.91 Å². The molecule has 0 radical (unpaired) electrons. The van der Waals surface area contributed by atoms with Gasteiger partial charge in [-0.15, -0.1) is 23.5 Å². The molecule has 0 saturated heterocycles. The second-order valence-corrected chi connectivity index (χ2v) is 8.29. The van der Waals surface area contributed by atoms with E-state index in [1.165, 1.54) is 28.4 Å². The van der Waals surface area contributed by atoms with Crippen LogP contribution in [0.1, 0.15) is 20.8 Å². The van der Waals surface area contributed by atoms with Crippen LogP contribution in [0.5, 0.6) is 0 Å². The summed E-state index contributed by atoms with van der Waals surface area (Å²) in [6.45, 7) is 5.16. The van der Waals surface area contributed by atoms with Crippen molar-refractivity contribution in [3.8, 4) is 0 Å². The van der Waals surface area contributed by atoms with Crippen LogP contribution in [0.2, 0.25) is 0 Å². The smallest absolute Gasteiger partial charge is 0.309 e. The van der Waals surface area contributed by atoms with Crippen molar-refractivity contribution >= 4 is 51.1 Å². The van der Waals surface area contributed by atoms with E-state index in [1.54, 1.807) is 27.9 Å². The quantitative estimate of drug-likeness (QED) is 0.758.